The van der Waals surface area contributed by atoms with Crippen LogP contribution < -0.4 is 10.6 Å². The second kappa shape index (κ2) is 6.39. The topological polar surface area (TPSA) is 59.1 Å². The van der Waals surface area contributed by atoms with Gasteiger partial charge in [0.05, 0.1) is 0 Å². The Morgan fingerprint density at radius 2 is 2.18 bits per heavy atom. The van der Waals surface area contributed by atoms with Crippen LogP contribution in [0.1, 0.15) is 19.8 Å². The molecule has 1 aliphatic heterocycles. The number of rotatable bonds is 6. The molecule has 2 heterocycles. The highest BCUT2D eigenvalue weighted by Gasteiger charge is 2.14. The van der Waals surface area contributed by atoms with Crippen LogP contribution in [0.4, 0.5) is 11.6 Å². The van der Waals surface area contributed by atoms with E-state index in [-0.39, 0.29) is 0 Å². The van der Waals surface area contributed by atoms with Crippen LogP contribution in [0.2, 0.25) is 0 Å². The first-order valence-electron chi connectivity index (χ1n) is 6.26. The Hall–Kier alpha value is -1.36. The third-order valence-corrected chi connectivity index (χ3v) is 2.91. The standard InChI is InChI=1S/C12H20N4O/c1-2-13-11-7-12(16-9-15-11)14-5-3-10-4-6-17-8-10/h7,9-10H,2-6,8H2,1H3,(H2,13,14,15,16). The minimum Gasteiger partial charge on any atom is -0.381 e. The lowest BCUT2D eigenvalue weighted by molar-refractivity contribution is 0.185. The average Bonchev–Trinajstić information content (AvgIpc) is 2.83. The molecule has 1 aliphatic rings. The van der Waals surface area contributed by atoms with E-state index >= 15 is 0 Å². The summed E-state index contributed by atoms with van der Waals surface area (Å²) in [6.07, 6.45) is 3.91. The molecule has 0 spiro atoms. The number of hydrogen-bond donors (Lipinski definition) is 2. The van der Waals surface area contributed by atoms with Crippen molar-refractivity contribution in [2.24, 2.45) is 5.92 Å². The summed E-state index contributed by atoms with van der Waals surface area (Å²) in [6.45, 7) is 5.69. The van der Waals surface area contributed by atoms with Gasteiger partial charge in [-0.2, -0.15) is 0 Å². The molecule has 2 N–H and O–H groups in total. The highest BCUT2D eigenvalue weighted by molar-refractivity contribution is 5.46. The Bertz CT molecular complexity index is 339. The van der Waals surface area contributed by atoms with Crippen molar-refractivity contribution in [3.8, 4) is 0 Å². The van der Waals surface area contributed by atoms with Crippen molar-refractivity contribution in [3.63, 3.8) is 0 Å². The Morgan fingerprint density at radius 1 is 1.35 bits per heavy atom. The van der Waals surface area contributed by atoms with Crippen molar-refractivity contribution in [3.05, 3.63) is 12.4 Å². The first kappa shape index (κ1) is 12.1. The second-order valence-electron chi connectivity index (χ2n) is 4.26. The van der Waals surface area contributed by atoms with E-state index in [0.29, 0.717) is 5.92 Å². The highest BCUT2D eigenvalue weighted by Crippen LogP contribution is 2.16. The molecule has 1 aromatic heterocycles. The number of ether oxygens (including phenoxy) is 1. The monoisotopic (exact) mass is 236 g/mol. The van der Waals surface area contributed by atoms with Gasteiger partial charge in [0, 0.05) is 32.4 Å². The molecule has 1 fully saturated rings. The van der Waals surface area contributed by atoms with Gasteiger partial charge in [0.25, 0.3) is 0 Å². The maximum absolute atomic E-state index is 5.35. The van der Waals surface area contributed by atoms with Crippen molar-refractivity contribution >= 4 is 11.6 Å². The van der Waals surface area contributed by atoms with Crippen LogP contribution in [0.25, 0.3) is 0 Å². The molecule has 1 atom stereocenters. The summed E-state index contributed by atoms with van der Waals surface area (Å²) >= 11 is 0. The van der Waals surface area contributed by atoms with Crippen molar-refractivity contribution in [1.82, 2.24) is 9.97 Å². The average molecular weight is 236 g/mol. The number of anilines is 2. The highest BCUT2D eigenvalue weighted by atomic mass is 16.5. The van der Waals surface area contributed by atoms with E-state index in [1.54, 1.807) is 6.33 Å². The Morgan fingerprint density at radius 3 is 2.88 bits per heavy atom. The molecule has 0 amide bonds. The summed E-state index contributed by atoms with van der Waals surface area (Å²) in [5.74, 6) is 2.46. The fourth-order valence-corrected chi connectivity index (χ4v) is 1.95. The molecular formula is C12H20N4O. The fraction of sp³-hybridized carbons (Fsp3) is 0.667. The van der Waals surface area contributed by atoms with Crippen LogP contribution >= 0.6 is 0 Å². The third-order valence-electron chi connectivity index (χ3n) is 2.91. The minimum absolute atomic E-state index is 0.706. The lowest BCUT2D eigenvalue weighted by atomic mass is 10.1. The number of nitrogens with zero attached hydrogens (tertiary/aromatic N) is 2. The summed E-state index contributed by atoms with van der Waals surface area (Å²) in [4.78, 5) is 8.32. The molecule has 2 rings (SSSR count). The Labute approximate surface area is 102 Å². The van der Waals surface area contributed by atoms with E-state index in [0.717, 1.165) is 44.4 Å². The predicted octanol–water partition coefficient (Wildman–Crippen LogP) is 1.75. The van der Waals surface area contributed by atoms with Gasteiger partial charge in [-0.1, -0.05) is 0 Å². The molecule has 0 aromatic carbocycles. The van der Waals surface area contributed by atoms with Crippen LogP contribution in [0, 0.1) is 5.92 Å². The second-order valence-corrected chi connectivity index (χ2v) is 4.26. The van der Waals surface area contributed by atoms with Gasteiger partial charge in [0.2, 0.25) is 0 Å². The third kappa shape index (κ3) is 3.85. The Kier molecular flexibility index (Phi) is 4.55. The molecule has 0 radical (unpaired) electrons. The SMILES string of the molecule is CCNc1cc(NCCC2CCOC2)ncn1. The van der Waals surface area contributed by atoms with Gasteiger partial charge in [-0.05, 0) is 25.7 Å². The van der Waals surface area contributed by atoms with E-state index < -0.39 is 0 Å². The number of hydrogen-bond acceptors (Lipinski definition) is 5. The van der Waals surface area contributed by atoms with Crippen LogP contribution in [0.15, 0.2) is 12.4 Å². The quantitative estimate of drug-likeness (QED) is 0.788. The summed E-state index contributed by atoms with van der Waals surface area (Å²) in [6, 6.07) is 1.94. The van der Waals surface area contributed by atoms with Crippen LogP contribution in [0.3, 0.4) is 0 Å². The first-order chi connectivity index (χ1) is 8.38. The fourth-order valence-electron chi connectivity index (χ4n) is 1.95. The van der Waals surface area contributed by atoms with E-state index in [1.165, 1.54) is 6.42 Å². The van der Waals surface area contributed by atoms with E-state index in [2.05, 4.69) is 27.5 Å². The molecule has 0 aliphatic carbocycles. The van der Waals surface area contributed by atoms with Crippen LogP contribution in [-0.2, 0) is 4.74 Å². The van der Waals surface area contributed by atoms with Gasteiger partial charge in [-0.15, -0.1) is 0 Å². The Balaban J connectivity index is 1.75. The molecule has 1 unspecified atom stereocenters. The van der Waals surface area contributed by atoms with Crippen molar-refractivity contribution in [2.75, 3.05) is 36.9 Å². The predicted molar refractivity (Wildman–Crippen MR) is 68.2 cm³/mol. The number of nitrogens with one attached hydrogen (secondary N) is 2. The molecule has 0 saturated carbocycles. The van der Waals surface area contributed by atoms with Crippen LogP contribution in [-0.4, -0.2) is 36.3 Å². The summed E-state index contributed by atoms with van der Waals surface area (Å²) in [7, 11) is 0. The van der Waals surface area contributed by atoms with Gasteiger partial charge in [-0.25, -0.2) is 9.97 Å². The lowest BCUT2D eigenvalue weighted by Gasteiger charge is -2.10. The molecule has 1 aromatic rings. The molecule has 17 heavy (non-hydrogen) atoms. The van der Waals surface area contributed by atoms with Crippen molar-refractivity contribution in [2.45, 2.75) is 19.8 Å². The summed E-state index contributed by atoms with van der Waals surface area (Å²) in [5, 5.41) is 6.49. The zero-order valence-corrected chi connectivity index (χ0v) is 10.3. The van der Waals surface area contributed by atoms with E-state index in [4.69, 9.17) is 4.74 Å². The van der Waals surface area contributed by atoms with E-state index in [1.807, 2.05) is 6.07 Å². The number of aromatic nitrogens is 2. The van der Waals surface area contributed by atoms with Crippen molar-refractivity contribution < 1.29 is 4.74 Å². The largest absolute Gasteiger partial charge is 0.381 e. The first-order valence-corrected chi connectivity index (χ1v) is 6.26. The van der Waals surface area contributed by atoms with Crippen LogP contribution in [0.5, 0.6) is 0 Å². The zero-order valence-electron chi connectivity index (χ0n) is 10.3. The van der Waals surface area contributed by atoms with Gasteiger partial charge >= 0.3 is 0 Å². The molecule has 0 bridgehead atoms. The van der Waals surface area contributed by atoms with E-state index in [9.17, 15) is 0 Å². The molecule has 5 nitrogen and oxygen atoms in total. The van der Waals surface area contributed by atoms with Gasteiger partial charge in [0.1, 0.15) is 18.0 Å². The molecule has 1 saturated heterocycles. The maximum atomic E-state index is 5.35. The molecule has 94 valence electrons. The smallest absolute Gasteiger partial charge is 0.131 e. The molecular weight excluding hydrogens is 216 g/mol. The van der Waals surface area contributed by atoms with Gasteiger partial charge in [0.15, 0.2) is 0 Å². The summed E-state index contributed by atoms with van der Waals surface area (Å²) in [5.41, 5.74) is 0. The van der Waals surface area contributed by atoms with Gasteiger partial charge < -0.3 is 15.4 Å². The zero-order chi connectivity index (χ0) is 11.9. The normalized spacial score (nSPS) is 19.2. The van der Waals surface area contributed by atoms with Gasteiger partial charge in [-0.3, -0.25) is 0 Å². The lowest BCUT2D eigenvalue weighted by Crippen LogP contribution is -2.10. The minimum atomic E-state index is 0.706. The summed E-state index contributed by atoms with van der Waals surface area (Å²) < 4.78 is 5.35. The maximum Gasteiger partial charge on any atom is 0.131 e. The molecule has 5 heteroatoms. The van der Waals surface area contributed by atoms with Crippen molar-refractivity contribution in [1.29, 1.82) is 0 Å².